The van der Waals surface area contributed by atoms with Gasteiger partial charge in [0.1, 0.15) is 5.15 Å². The normalized spacial score (nSPS) is 18.9. The van der Waals surface area contributed by atoms with E-state index in [1.165, 1.54) is 0 Å². The van der Waals surface area contributed by atoms with Gasteiger partial charge in [-0.3, -0.25) is 4.79 Å². The van der Waals surface area contributed by atoms with E-state index in [0.29, 0.717) is 17.5 Å². The van der Waals surface area contributed by atoms with Gasteiger partial charge in [-0.05, 0) is 24.5 Å². The third-order valence-corrected chi connectivity index (χ3v) is 2.53. The predicted molar refractivity (Wildman–Crippen MR) is 62.4 cm³/mol. The molecule has 1 atom stereocenters. The van der Waals surface area contributed by atoms with Gasteiger partial charge in [-0.15, -0.1) is 0 Å². The summed E-state index contributed by atoms with van der Waals surface area (Å²) in [7, 11) is 0. The van der Waals surface area contributed by atoms with E-state index in [1.807, 2.05) is 13.8 Å². The largest absolute Gasteiger partial charge is 0.294 e. The summed E-state index contributed by atoms with van der Waals surface area (Å²) in [4.78, 5) is 15.7. The number of nitrogens with zero attached hydrogens (tertiary/aromatic N) is 1. The standard InChI is InChI=1S/C10H10ClNO.C2H6/c1-6-4-8-7(9(13)5-6)2-3-10(11)12-8;1-2/h2-3,6H,4-5H2,1H3;1-2H3. The summed E-state index contributed by atoms with van der Waals surface area (Å²) >= 11 is 5.75. The molecule has 0 saturated carbocycles. The first-order chi connectivity index (χ1) is 7.16. The fourth-order valence-electron chi connectivity index (χ4n) is 1.71. The van der Waals surface area contributed by atoms with Crippen LogP contribution in [0.1, 0.15) is 43.2 Å². The Morgan fingerprint density at radius 1 is 1.33 bits per heavy atom. The van der Waals surface area contributed by atoms with Gasteiger partial charge < -0.3 is 0 Å². The Hall–Kier alpha value is -0.890. The second-order valence-electron chi connectivity index (χ2n) is 3.56. The number of halogens is 1. The van der Waals surface area contributed by atoms with E-state index < -0.39 is 0 Å². The van der Waals surface area contributed by atoms with Gasteiger partial charge in [-0.2, -0.15) is 0 Å². The summed E-state index contributed by atoms with van der Waals surface area (Å²) < 4.78 is 0. The topological polar surface area (TPSA) is 30.0 Å². The van der Waals surface area contributed by atoms with Gasteiger partial charge in [0.05, 0.1) is 5.69 Å². The van der Waals surface area contributed by atoms with Crippen molar-refractivity contribution in [2.24, 2.45) is 5.92 Å². The van der Waals surface area contributed by atoms with E-state index in [2.05, 4.69) is 11.9 Å². The molecule has 1 aliphatic rings. The fourth-order valence-corrected chi connectivity index (χ4v) is 1.88. The highest BCUT2D eigenvalue weighted by Crippen LogP contribution is 2.24. The number of pyridine rings is 1. The molecular formula is C12H16ClNO. The second kappa shape index (κ2) is 5.26. The minimum atomic E-state index is 0.193. The second-order valence-corrected chi connectivity index (χ2v) is 3.95. The van der Waals surface area contributed by atoms with Crippen molar-refractivity contribution in [2.45, 2.75) is 33.6 Å². The van der Waals surface area contributed by atoms with Crippen LogP contribution >= 0.6 is 11.6 Å². The Bertz CT molecular complexity index is 363. The van der Waals surface area contributed by atoms with Crippen molar-refractivity contribution in [2.75, 3.05) is 0 Å². The molecule has 1 aromatic heterocycles. The lowest BCUT2D eigenvalue weighted by Crippen LogP contribution is -2.19. The van der Waals surface area contributed by atoms with Gasteiger partial charge in [-0.1, -0.05) is 32.4 Å². The van der Waals surface area contributed by atoms with Crippen LogP contribution in [0, 0.1) is 5.92 Å². The summed E-state index contributed by atoms with van der Waals surface area (Å²) in [5.41, 5.74) is 1.61. The zero-order valence-corrected chi connectivity index (χ0v) is 10.1. The van der Waals surface area contributed by atoms with Gasteiger partial charge in [0.25, 0.3) is 0 Å². The van der Waals surface area contributed by atoms with Crippen LogP contribution < -0.4 is 0 Å². The van der Waals surface area contributed by atoms with Crippen LogP contribution in [0.3, 0.4) is 0 Å². The molecule has 0 aromatic carbocycles. The fraction of sp³-hybridized carbons (Fsp3) is 0.500. The molecule has 1 unspecified atom stereocenters. The average molecular weight is 226 g/mol. The van der Waals surface area contributed by atoms with Crippen molar-refractivity contribution < 1.29 is 4.79 Å². The first-order valence-electron chi connectivity index (χ1n) is 5.35. The molecule has 0 fully saturated rings. The quantitative estimate of drug-likeness (QED) is 0.633. The van der Waals surface area contributed by atoms with Crippen molar-refractivity contribution in [3.8, 4) is 0 Å². The summed E-state index contributed by atoms with van der Waals surface area (Å²) in [5.74, 6) is 0.587. The molecule has 15 heavy (non-hydrogen) atoms. The lowest BCUT2D eigenvalue weighted by atomic mass is 9.87. The number of ketones is 1. The van der Waals surface area contributed by atoms with Gasteiger partial charge in [0.2, 0.25) is 0 Å². The van der Waals surface area contributed by atoms with E-state index in [-0.39, 0.29) is 5.78 Å². The van der Waals surface area contributed by atoms with Crippen molar-refractivity contribution in [3.63, 3.8) is 0 Å². The smallest absolute Gasteiger partial charge is 0.164 e. The molecule has 1 aromatic rings. The highest BCUT2D eigenvalue weighted by atomic mass is 35.5. The number of hydrogen-bond donors (Lipinski definition) is 0. The molecule has 2 rings (SSSR count). The van der Waals surface area contributed by atoms with Gasteiger partial charge >= 0.3 is 0 Å². The zero-order chi connectivity index (χ0) is 11.4. The average Bonchev–Trinajstić information content (AvgIpc) is 2.19. The minimum absolute atomic E-state index is 0.193. The molecule has 2 nitrogen and oxygen atoms in total. The number of aromatic nitrogens is 1. The Labute approximate surface area is 95.7 Å². The molecule has 1 heterocycles. The van der Waals surface area contributed by atoms with Crippen LogP contribution in [-0.2, 0) is 6.42 Å². The molecule has 0 amide bonds. The molecule has 0 bridgehead atoms. The molecular weight excluding hydrogens is 210 g/mol. The van der Waals surface area contributed by atoms with E-state index in [0.717, 1.165) is 17.7 Å². The molecule has 0 saturated heterocycles. The zero-order valence-electron chi connectivity index (χ0n) is 9.38. The Kier molecular flexibility index (Phi) is 4.28. The molecule has 3 heteroatoms. The lowest BCUT2D eigenvalue weighted by molar-refractivity contribution is 0.0952. The Morgan fingerprint density at radius 2 is 2.00 bits per heavy atom. The van der Waals surface area contributed by atoms with Gasteiger partial charge in [-0.25, -0.2) is 4.98 Å². The molecule has 0 radical (unpaired) electrons. The number of fused-ring (bicyclic) bond motifs is 1. The third kappa shape index (κ3) is 2.78. The minimum Gasteiger partial charge on any atom is -0.294 e. The SMILES string of the molecule is CC.CC1CC(=O)c2ccc(Cl)nc2C1. The highest BCUT2D eigenvalue weighted by Gasteiger charge is 2.23. The third-order valence-electron chi connectivity index (χ3n) is 2.32. The van der Waals surface area contributed by atoms with E-state index in [9.17, 15) is 4.79 Å². The first kappa shape index (κ1) is 12.2. The molecule has 0 N–H and O–H groups in total. The maximum atomic E-state index is 11.5. The van der Waals surface area contributed by atoms with Crippen molar-refractivity contribution in [3.05, 3.63) is 28.5 Å². The number of rotatable bonds is 0. The monoisotopic (exact) mass is 225 g/mol. The van der Waals surface area contributed by atoms with E-state index in [4.69, 9.17) is 11.6 Å². The maximum absolute atomic E-state index is 11.5. The van der Waals surface area contributed by atoms with Crippen molar-refractivity contribution in [1.29, 1.82) is 0 Å². The van der Waals surface area contributed by atoms with Gasteiger partial charge in [0.15, 0.2) is 5.78 Å². The molecule has 1 aliphatic carbocycles. The summed E-state index contributed by atoms with van der Waals surface area (Å²) in [6.07, 6.45) is 1.50. The van der Waals surface area contributed by atoms with Crippen LogP contribution in [-0.4, -0.2) is 10.8 Å². The first-order valence-corrected chi connectivity index (χ1v) is 5.73. The summed E-state index contributed by atoms with van der Waals surface area (Å²) in [6, 6.07) is 3.45. The van der Waals surface area contributed by atoms with Crippen molar-refractivity contribution in [1.82, 2.24) is 4.98 Å². The van der Waals surface area contributed by atoms with Crippen molar-refractivity contribution >= 4 is 17.4 Å². The van der Waals surface area contributed by atoms with Crippen LogP contribution in [0.15, 0.2) is 12.1 Å². The van der Waals surface area contributed by atoms with Crippen LogP contribution in [0.5, 0.6) is 0 Å². The van der Waals surface area contributed by atoms with Crippen LogP contribution in [0.4, 0.5) is 0 Å². The van der Waals surface area contributed by atoms with Crippen LogP contribution in [0.2, 0.25) is 5.15 Å². The molecule has 82 valence electrons. The summed E-state index contributed by atoms with van der Waals surface area (Å²) in [6.45, 7) is 6.06. The predicted octanol–water partition coefficient (Wildman–Crippen LogP) is 3.53. The Balaban J connectivity index is 0.000000531. The highest BCUT2D eigenvalue weighted by molar-refractivity contribution is 6.29. The van der Waals surface area contributed by atoms with Gasteiger partial charge in [0, 0.05) is 12.0 Å². The van der Waals surface area contributed by atoms with E-state index in [1.54, 1.807) is 12.1 Å². The number of hydrogen-bond acceptors (Lipinski definition) is 2. The summed E-state index contributed by atoms with van der Waals surface area (Å²) in [5, 5.41) is 0.473. The number of carbonyl (C=O) groups is 1. The van der Waals surface area contributed by atoms with Crippen LogP contribution in [0.25, 0.3) is 0 Å². The number of carbonyl (C=O) groups excluding carboxylic acids is 1. The van der Waals surface area contributed by atoms with E-state index >= 15 is 0 Å². The Morgan fingerprint density at radius 3 is 2.67 bits per heavy atom. The molecule has 0 spiro atoms. The number of Topliss-reactive ketones (excluding diaryl/α,β-unsaturated/α-hetero) is 1. The molecule has 0 aliphatic heterocycles. The lowest BCUT2D eigenvalue weighted by Gasteiger charge is -2.18. The maximum Gasteiger partial charge on any atom is 0.164 e.